The molecule has 0 N–H and O–H groups in total. The average molecular weight is 292 g/mol. The smallest absolute Gasteiger partial charge is 0.226 e. The van der Waals surface area contributed by atoms with Crippen LogP contribution in [0.2, 0.25) is 0 Å². The number of hydrogen-bond acceptors (Lipinski definition) is 2. The molecular formula is C17H25FN2O. The number of carbonyl (C=O) groups excluding carboxylic acids is 1. The van der Waals surface area contributed by atoms with Crippen LogP contribution in [0.15, 0.2) is 24.3 Å². The molecule has 1 fully saturated rings. The highest BCUT2D eigenvalue weighted by Crippen LogP contribution is 2.21. The number of likely N-dealkylation sites (tertiary alicyclic amines) is 1. The molecule has 21 heavy (non-hydrogen) atoms. The standard InChI is InChI=1S/C17H25FN2O/c1-3-20(4-2)17(21)15-8-6-10-19(13-15)12-14-7-5-9-16(18)11-14/h5,7,9,11,15H,3-4,6,8,10,12-13H2,1-2H3/t15-/m0/s1. The van der Waals surface area contributed by atoms with Gasteiger partial charge in [-0.3, -0.25) is 9.69 Å². The molecule has 1 aliphatic heterocycles. The van der Waals surface area contributed by atoms with E-state index < -0.39 is 0 Å². The molecule has 1 aliphatic rings. The zero-order valence-electron chi connectivity index (χ0n) is 13.0. The van der Waals surface area contributed by atoms with Crippen molar-refractivity contribution < 1.29 is 9.18 Å². The van der Waals surface area contributed by atoms with E-state index in [0.717, 1.165) is 51.1 Å². The van der Waals surface area contributed by atoms with Crippen LogP contribution in [0.4, 0.5) is 4.39 Å². The lowest BCUT2D eigenvalue weighted by Gasteiger charge is -2.34. The second-order valence-corrected chi connectivity index (χ2v) is 5.71. The predicted octanol–water partition coefficient (Wildman–Crippen LogP) is 2.91. The highest BCUT2D eigenvalue weighted by Gasteiger charge is 2.28. The van der Waals surface area contributed by atoms with E-state index in [1.807, 2.05) is 24.8 Å². The monoisotopic (exact) mass is 292 g/mol. The van der Waals surface area contributed by atoms with Gasteiger partial charge in [0.2, 0.25) is 5.91 Å². The Labute approximate surface area is 126 Å². The second-order valence-electron chi connectivity index (χ2n) is 5.71. The molecule has 0 aromatic heterocycles. The average Bonchev–Trinajstić information content (AvgIpc) is 2.48. The van der Waals surface area contributed by atoms with Gasteiger partial charge in [0.15, 0.2) is 0 Å². The van der Waals surface area contributed by atoms with Crippen LogP contribution in [0, 0.1) is 11.7 Å². The molecule has 4 heteroatoms. The van der Waals surface area contributed by atoms with E-state index in [9.17, 15) is 9.18 Å². The molecule has 1 heterocycles. The van der Waals surface area contributed by atoms with Crippen molar-refractivity contribution in [3.63, 3.8) is 0 Å². The molecule has 1 atom stereocenters. The number of nitrogens with zero attached hydrogens (tertiary/aromatic N) is 2. The lowest BCUT2D eigenvalue weighted by molar-refractivity contribution is -0.137. The van der Waals surface area contributed by atoms with Gasteiger partial charge in [-0.25, -0.2) is 4.39 Å². The normalized spacial score (nSPS) is 19.5. The molecule has 0 radical (unpaired) electrons. The zero-order chi connectivity index (χ0) is 15.2. The van der Waals surface area contributed by atoms with Gasteiger partial charge < -0.3 is 4.90 Å². The quantitative estimate of drug-likeness (QED) is 0.833. The Hall–Kier alpha value is -1.42. The van der Waals surface area contributed by atoms with Gasteiger partial charge in [0.05, 0.1) is 5.92 Å². The molecule has 0 spiro atoms. The minimum Gasteiger partial charge on any atom is -0.343 e. The maximum absolute atomic E-state index is 13.2. The van der Waals surface area contributed by atoms with E-state index in [2.05, 4.69) is 4.90 Å². The number of rotatable bonds is 5. The van der Waals surface area contributed by atoms with Crippen molar-refractivity contribution in [1.29, 1.82) is 0 Å². The predicted molar refractivity (Wildman–Crippen MR) is 82.3 cm³/mol. The van der Waals surface area contributed by atoms with Crippen molar-refractivity contribution >= 4 is 5.91 Å². The van der Waals surface area contributed by atoms with Crippen LogP contribution >= 0.6 is 0 Å². The van der Waals surface area contributed by atoms with Crippen LogP contribution in [0.3, 0.4) is 0 Å². The fourth-order valence-corrected chi connectivity index (χ4v) is 3.09. The topological polar surface area (TPSA) is 23.6 Å². The summed E-state index contributed by atoms with van der Waals surface area (Å²) in [5, 5.41) is 0. The Bertz CT molecular complexity index is 474. The van der Waals surface area contributed by atoms with Crippen molar-refractivity contribution in [2.24, 2.45) is 5.92 Å². The zero-order valence-corrected chi connectivity index (χ0v) is 13.0. The van der Waals surface area contributed by atoms with Crippen LogP contribution in [-0.2, 0) is 11.3 Å². The van der Waals surface area contributed by atoms with E-state index >= 15 is 0 Å². The van der Waals surface area contributed by atoms with Gasteiger partial charge in [-0.2, -0.15) is 0 Å². The van der Waals surface area contributed by atoms with E-state index in [4.69, 9.17) is 0 Å². The van der Waals surface area contributed by atoms with E-state index in [0.29, 0.717) is 0 Å². The number of hydrogen-bond donors (Lipinski definition) is 0. The maximum Gasteiger partial charge on any atom is 0.226 e. The van der Waals surface area contributed by atoms with Crippen LogP contribution in [-0.4, -0.2) is 41.9 Å². The summed E-state index contributed by atoms with van der Waals surface area (Å²) in [6.07, 6.45) is 2.00. The van der Waals surface area contributed by atoms with Crippen molar-refractivity contribution in [1.82, 2.24) is 9.80 Å². The largest absolute Gasteiger partial charge is 0.343 e. The Morgan fingerprint density at radius 3 is 2.81 bits per heavy atom. The SMILES string of the molecule is CCN(CC)C(=O)[C@H]1CCCN(Cc2cccc(F)c2)C1. The molecule has 1 aromatic rings. The van der Waals surface area contributed by atoms with Gasteiger partial charge >= 0.3 is 0 Å². The number of carbonyl (C=O) groups is 1. The molecule has 1 aromatic carbocycles. The molecule has 116 valence electrons. The Kier molecular flexibility index (Phi) is 5.74. The summed E-state index contributed by atoms with van der Waals surface area (Å²) in [5.74, 6) is 0.163. The molecule has 3 nitrogen and oxygen atoms in total. The van der Waals surface area contributed by atoms with Crippen molar-refractivity contribution in [2.45, 2.75) is 33.2 Å². The molecule has 0 saturated carbocycles. The number of benzene rings is 1. The summed E-state index contributed by atoms with van der Waals surface area (Å²) in [7, 11) is 0. The molecule has 1 saturated heterocycles. The van der Waals surface area contributed by atoms with E-state index in [1.165, 1.54) is 6.07 Å². The Morgan fingerprint density at radius 2 is 2.14 bits per heavy atom. The summed E-state index contributed by atoms with van der Waals surface area (Å²) < 4.78 is 13.2. The molecule has 0 unspecified atom stereocenters. The highest BCUT2D eigenvalue weighted by atomic mass is 19.1. The Balaban J connectivity index is 1.96. The Morgan fingerprint density at radius 1 is 1.38 bits per heavy atom. The number of halogens is 1. The third-order valence-corrected chi connectivity index (χ3v) is 4.23. The number of amides is 1. The molecule has 0 aliphatic carbocycles. The van der Waals surface area contributed by atoms with E-state index in [1.54, 1.807) is 12.1 Å². The minimum atomic E-state index is -0.194. The van der Waals surface area contributed by atoms with Crippen molar-refractivity contribution in [3.8, 4) is 0 Å². The fraction of sp³-hybridized carbons (Fsp3) is 0.588. The van der Waals surface area contributed by atoms with Gasteiger partial charge in [-0.1, -0.05) is 12.1 Å². The first-order valence-corrected chi connectivity index (χ1v) is 7.89. The van der Waals surface area contributed by atoms with Crippen molar-refractivity contribution in [3.05, 3.63) is 35.6 Å². The van der Waals surface area contributed by atoms with Crippen LogP contribution in [0.5, 0.6) is 0 Å². The van der Waals surface area contributed by atoms with Crippen LogP contribution < -0.4 is 0 Å². The van der Waals surface area contributed by atoms with Gasteiger partial charge in [0.1, 0.15) is 5.82 Å². The lowest BCUT2D eigenvalue weighted by atomic mass is 9.96. The fourth-order valence-electron chi connectivity index (χ4n) is 3.09. The third kappa shape index (κ3) is 4.27. The third-order valence-electron chi connectivity index (χ3n) is 4.23. The highest BCUT2D eigenvalue weighted by molar-refractivity contribution is 5.79. The van der Waals surface area contributed by atoms with E-state index in [-0.39, 0.29) is 17.6 Å². The van der Waals surface area contributed by atoms with Crippen molar-refractivity contribution in [2.75, 3.05) is 26.2 Å². The van der Waals surface area contributed by atoms with Gasteiger partial charge in [-0.05, 0) is 50.9 Å². The number of piperidine rings is 1. The summed E-state index contributed by atoms with van der Waals surface area (Å²) in [5.41, 5.74) is 0.978. The summed E-state index contributed by atoms with van der Waals surface area (Å²) in [4.78, 5) is 16.6. The van der Waals surface area contributed by atoms with Crippen LogP contribution in [0.25, 0.3) is 0 Å². The van der Waals surface area contributed by atoms with Gasteiger partial charge in [0, 0.05) is 26.2 Å². The van der Waals surface area contributed by atoms with Gasteiger partial charge in [-0.15, -0.1) is 0 Å². The molecule has 1 amide bonds. The second kappa shape index (κ2) is 7.55. The first-order valence-electron chi connectivity index (χ1n) is 7.89. The molecular weight excluding hydrogens is 267 g/mol. The maximum atomic E-state index is 13.2. The summed E-state index contributed by atoms with van der Waals surface area (Å²) in [6, 6.07) is 6.73. The molecule has 0 bridgehead atoms. The minimum absolute atomic E-state index is 0.0900. The first kappa shape index (κ1) is 16.0. The summed E-state index contributed by atoms with van der Waals surface area (Å²) >= 11 is 0. The van der Waals surface area contributed by atoms with Gasteiger partial charge in [0.25, 0.3) is 0 Å². The summed E-state index contributed by atoms with van der Waals surface area (Å²) in [6.45, 7) is 8.08. The lowest BCUT2D eigenvalue weighted by Crippen LogP contribution is -2.44. The van der Waals surface area contributed by atoms with Crippen LogP contribution in [0.1, 0.15) is 32.3 Å². The first-order chi connectivity index (χ1) is 10.1. The molecule has 2 rings (SSSR count).